The summed E-state index contributed by atoms with van der Waals surface area (Å²) in [6.07, 6.45) is 1.01. The van der Waals surface area contributed by atoms with Crippen LogP contribution in [0.25, 0.3) is 0 Å². The second-order valence-electron chi connectivity index (χ2n) is 4.50. The van der Waals surface area contributed by atoms with Crippen molar-refractivity contribution in [3.63, 3.8) is 0 Å². The van der Waals surface area contributed by atoms with Crippen LogP contribution < -0.4 is 5.32 Å². The van der Waals surface area contributed by atoms with Crippen LogP contribution in [0.2, 0.25) is 0 Å². The smallest absolute Gasteiger partial charge is 0.246 e. The first-order valence-corrected chi connectivity index (χ1v) is 6.77. The molecule has 5 nitrogen and oxygen atoms in total. The summed E-state index contributed by atoms with van der Waals surface area (Å²) in [6, 6.07) is -0.255. The fraction of sp³-hybridized carbons (Fsp3) is 0.583. The Hall–Kier alpha value is -1.27. The second kappa shape index (κ2) is 5.16. The third kappa shape index (κ3) is 2.59. The van der Waals surface area contributed by atoms with Gasteiger partial charge in [0, 0.05) is 24.9 Å². The van der Waals surface area contributed by atoms with E-state index in [9.17, 15) is 9.59 Å². The van der Waals surface area contributed by atoms with E-state index < -0.39 is 0 Å². The average molecular weight is 267 g/mol. The second-order valence-corrected chi connectivity index (χ2v) is 5.79. The number of hydrogen-bond donors (Lipinski definition) is 1. The molecule has 0 saturated carbocycles. The topological polar surface area (TPSA) is 62.3 Å². The number of likely N-dealkylation sites (N-methyl/N-ethyl adjacent to an activating group) is 1. The summed E-state index contributed by atoms with van der Waals surface area (Å²) in [4.78, 5) is 29.9. The number of likely N-dealkylation sites (tertiary alicyclic amines) is 1. The zero-order valence-corrected chi connectivity index (χ0v) is 11.6. The van der Waals surface area contributed by atoms with E-state index in [1.54, 1.807) is 18.4 Å². The van der Waals surface area contributed by atoms with Gasteiger partial charge in [0.2, 0.25) is 11.8 Å². The predicted octanol–water partition coefficient (Wildman–Crippen LogP) is 0.997. The van der Waals surface area contributed by atoms with E-state index >= 15 is 0 Å². The summed E-state index contributed by atoms with van der Waals surface area (Å²) < 4.78 is 0. The first-order valence-electron chi connectivity index (χ1n) is 5.95. The molecule has 1 aliphatic heterocycles. The highest BCUT2D eigenvalue weighted by Crippen LogP contribution is 2.18. The Labute approximate surface area is 110 Å². The first-order chi connectivity index (χ1) is 8.49. The van der Waals surface area contributed by atoms with Crippen LogP contribution >= 0.6 is 11.3 Å². The number of nitrogens with one attached hydrogen (secondary N) is 1. The molecule has 18 heavy (non-hydrogen) atoms. The number of nitrogens with zero attached hydrogens (tertiary/aromatic N) is 2. The van der Waals surface area contributed by atoms with Gasteiger partial charge in [-0.25, -0.2) is 4.98 Å². The van der Waals surface area contributed by atoms with Gasteiger partial charge in [-0.15, -0.1) is 11.3 Å². The summed E-state index contributed by atoms with van der Waals surface area (Å²) in [5, 5.41) is 4.25. The third-order valence-electron chi connectivity index (χ3n) is 3.16. The highest BCUT2D eigenvalue weighted by atomic mass is 32.1. The molecule has 0 radical (unpaired) electrons. The number of carbonyl (C=O) groups excluding carboxylic acids is 2. The van der Waals surface area contributed by atoms with Gasteiger partial charge in [0.15, 0.2) is 0 Å². The van der Waals surface area contributed by atoms with Crippen LogP contribution in [0.15, 0.2) is 0 Å². The molecule has 1 aliphatic rings. The maximum absolute atomic E-state index is 11.9. The lowest BCUT2D eigenvalue weighted by atomic mass is 10.0. The molecule has 1 aromatic heterocycles. The fourth-order valence-corrected chi connectivity index (χ4v) is 2.95. The van der Waals surface area contributed by atoms with E-state index in [0.29, 0.717) is 19.4 Å². The maximum atomic E-state index is 11.9. The number of imide groups is 1. The average Bonchev–Trinajstić information content (AvgIpc) is 2.64. The predicted molar refractivity (Wildman–Crippen MR) is 69.2 cm³/mol. The standard InChI is InChI=1S/C12H17N3O2S/c1-7-10(18-8(2)14-7)6-13-9-4-5-11(16)15(3)12(9)17/h9,13H,4-6H2,1-3H3. The summed E-state index contributed by atoms with van der Waals surface area (Å²) in [7, 11) is 1.54. The molecule has 0 bridgehead atoms. The van der Waals surface area contributed by atoms with Crippen LogP contribution in [0.4, 0.5) is 0 Å². The van der Waals surface area contributed by atoms with Crippen LogP contribution in [0.5, 0.6) is 0 Å². The van der Waals surface area contributed by atoms with E-state index in [1.165, 1.54) is 4.90 Å². The van der Waals surface area contributed by atoms with E-state index in [1.807, 2.05) is 13.8 Å². The molecular weight excluding hydrogens is 250 g/mol. The molecule has 1 unspecified atom stereocenters. The van der Waals surface area contributed by atoms with Crippen LogP contribution in [0.3, 0.4) is 0 Å². The Balaban J connectivity index is 1.96. The molecule has 2 rings (SSSR count). The molecule has 1 aromatic rings. The van der Waals surface area contributed by atoms with Crippen molar-refractivity contribution in [1.82, 2.24) is 15.2 Å². The lowest BCUT2D eigenvalue weighted by molar-refractivity contribution is -0.148. The molecule has 6 heteroatoms. The number of amides is 2. The Bertz CT molecular complexity index is 484. The van der Waals surface area contributed by atoms with Gasteiger partial charge in [0.1, 0.15) is 0 Å². The minimum absolute atomic E-state index is 0.0946. The quantitative estimate of drug-likeness (QED) is 0.830. The van der Waals surface area contributed by atoms with Gasteiger partial charge in [-0.2, -0.15) is 0 Å². The summed E-state index contributed by atoms with van der Waals surface area (Å²) in [5.74, 6) is -0.229. The molecule has 2 heterocycles. The Morgan fingerprint density at radius 1 is 1.44 bits per heavy atom. The van der Waals surface area contributed by atoms with E-state index in [4.69, 9.17) is 0 Å². The minimum Gasteiger partial charge on any atom is -0.301 e. The van der Waals surface area contributed by atoms with E-state index in [0.717, 1.165) is 15.6 Å². The van der Waals surface area contributed by atoms with Crippen molar-refractivity contribution in [2.24, 2.45) is 0 Å². The summed E-state index contributed by atoms with van der Waals surface area (Å²) in [6.45, 7) is 4.58. The Kier molecular flexibility index (Phi) is 3.77. The van der Waals surface area contributed by atoms with Gasteiger partial charge in [-0.3, -0.25) is 14.5 Å². The van der Waals surface area contributed by atoms with Gasteiger partial charge < -0.3 is 5.32 Å². The number of aryl methyl sites for hydroxylation is 2. The molecule has 1 fully saturated rings. The molecular formula is C12H17N3O2S. The van der Waals surface area contributed by atoms with Gasteiger partial charge in [0.05, 0.1) is 16.7 Å². The Morgan fingerprint density at radius 3 is 2.78 bits per heavy atom. The molecule has 1 N–H and O–H groups in total. The number of carbonyl (C=O) groups is 2. The monoisotopic (exact) mass is 267 g/mol. The Morgan fingerprint density at radius 2 is 2.17 bits per heavy atom. The SMILES string of the molecule is Cc1nc(C)c(CNC2CCC(=O)N(C)C2=O)s1. The van der Waals surface area contributed by atoms with Gasteiger partial charge in [0.25, 0.3) is 0 Å². The molecule has 98 valence electrons. The van der Waals surface area contributed by atoms with Crippen molar-refractivity contribution >= 4 is 23.2 Å². The van der Waals surface area contributed by atoms with E-state index in [2.05, 4.69) is 10.3 Å². The van der Waals surface area contributed by atoms with Crippen LogP contribution in [0.1, 0.15) is 28.4 Å². The van der Waals surface area contributed by atoms with Gasteiger partial charge in [-0.05, 0) is 20.3 Å². The molecule has 1 saturated heterocycles. The highest BCUT2D eigenvalue weighted by molar-refractivity contribution is 7.11. The fourth-order valence-electron chi connectivity index (χ4n) is 2.06. The van der Waals surface area contributed by atoms with Crippen molar-refractivity contribution in [3.05, 3.63) is 15.6 Å². The van der Waals surface area contributed by atoms with Crippen molar-refractivity contribution in [2.45, 2.75) is 39.3 Å². The van der Waals surface area contributed by atoms with Gasteiger partial charge in [-0.1, -0.05) is 0 Å². The molecule has 1 atom stereocenters. The van der Waals surface area contributed by atoms with Crippen molar-refractivity contribution in [1.29, 1.82) is 0 Å². The first kappa shape index (κ1) is 13.2. The van der Waals surface area contributed by atoms with Gasteiger partial charge >= 0.3 is 0 Å². The largest absolute Gasteiger partial charge is 0.301 e. The third-order valence-corrected chi connectivity index (χ3v) is 4.23. The van der Waals surface area contributed by atoms with Crippen molar-refractivity contribution in [2.75, 3.05) is 7.05 Å². The number of hydrogen-bond acceptors (Lipinski definition) is 5. The van der Waals surface area contributed by atoms with Crippen LogP contribution in [0, 0.1) is 13.8 Å². The van der Waals surface area contributed by atoms with E-state index in [-0.39, 0.29) is 17.9 Å². The highest BCUT2D eigenvalue weighted by Gasteiger charge is 2.31. The summed E-state index contributed by atoms with van der Waals surface area (Å²) in [5.41, 5.74) is 1.01. The number of piperidine rings is 1. The summed E-state index contributed by atoms with van der Waals surface area (Å²) >= 11 is 1.64. The number of aromatic nitrogens is 1. The van der Waals surface area contributed by atoms with Crippen LogP contribution in [-0.2, 0) is 16.1 Å². The molecule has 2 amide bonds. The van der Waals surface area contributed by atoms with Crippen molar-refractivity contribution in [3.8, 4) is 0 Å². The van der Waals surface area contributed by atoms with Crippen molar-refractivity contribution < 1.29 is 9.59 Å². The zero-order chi connectivity index (χ0) is 13.3. The van der Waals surface area contributed by atoms with Crippen LogP contribution in [-0.4, -0.2) is 34.8 Å². The zero-order valence-electron chi connectivity index (χ0n) is 10.8. The minimum atomic E-state index is -0.255. The maximum Gasteiger partial charge on any atom is 0.246 e. The molecule has 0 aromatic carbocycles. The molecule has 0 spiro atoms. The number of thiazole rings is 1. The normalized spacial score (nSPS) is 20.6. The number of rotatable bonds is 3. The lowest BCUT2D eigenvalue weighted by Crippen LogP contribution is -2.51. The molecule has 0 aliphatic carbocycles. The lowest BCUT2D eigenvalue weighted by Gasteiger charge is -2.28.